The first-order valence-corrected chi connectivity index (χ1v) is 5.52. The molecule has 0 aliphatic rings. The number of fused-ring (bicyclic) bond motifs is 1. The Labute approximate surface area is 103 Å². The molecular formula is C13H11N3O2. The van der Waals surface area contributed by atoms with Crippen LogP contribution in [0.5, 0.6) is 11.5 Å². The number of aromatic nitrogens is 3. The topological polar surface area (TPSA) is 71.0 Å². The van der Waals surface area contributed by atoms with Crippen molar-refractivity contribution in [3.63, 3.8) is 0 Å². The third-order valence-corrected chi connectivity index (χ3v) is 2.52. The number of hydrogen-bond acceptors (Lipinski definition) is 4. The molecule has 0 saturated carbocycles. The van der Waals surface area contributed by atoms with Crippen LogP contribution in [0.2, 0.25) is 0 Å². The molecule has 0 unspecified atom stereocenters. The van der Waals surface area contributed by atoms with Crippen LogP contribution in [0.15, 0.2) is 42.7 Å². The van der Waals surface area contributed by atoms with E-state index in [9.17, 15) is 0 Å². The zero-order chi connectivity index (χ0) is 12.4. The summed E-state index contributed by atoms with van der Waals surface area (Å²) < 4.78 is 5.65. The van der Waals surface area contributed by atoms with Crippen molar-refractivity contribution >= 4 is 11.0 Å². The van der Waals surface area contributed by atoms with Crippen LogP contribution in [0.25, 0.3) is 11.0 Å². The largest absolute Gasteiger partial charge is 0.456 e. The highest BCUT2D eigenvalue weighted by molar-refractivity contribution is 5.76. The minimum absolute atomic E-state index is 0.104. The molecule has 0 aliphatic carbocycles. The van der Waals surface area contributed by atoms with E-state index in [1.54, 1.807) is 12.4 Å². The van der Waals surface area contributed by atoms with Crippen LogP contribution in [-0.2, 0) is 6.61 Å². The van der Waals surface area contributed by atoms with E-state index in [4.69, 9.17) is 9.84 Å². The van der Waals surface area contributed by atoms with Crippen LogP contribution in [0.1, 0.15) is 5.82 Å². The number of rotatable bonds is 3. The van der Waals surface area contributed by atoms with Crippen molar-refractivity contribution in [3.05, 3.63) is 48.5 Å². The number of imidazole rings is 1. The average Bonchev–Trinajstić information content (AvgIpc) is 2.82. The summed E-state index contributed by atoms with van der Waals surface area (Å²) in [5.41, 5.74) is 1.64. The Morgan fingerprint density at radius 3 is 2.94 bits per heavy atom. The Bertz CT molecular complexity index is 664. The number of aliphatic hydroxyl groups is 1. The van der Waals surface area contributed by atoms with Gasteiger partial charge in [-0.2, -0.15) is 0 Å². The molecule has 0 aliphatic heterocycles. The average molecular weight is 241 g/mol. The lowest BCUT2D eigenvalue weighted by molar-refractivity contribution is 0.273. The molecule has 90 valence electrons. The van der Waals surface area contributed by atoms with E-state index < -0.39 is 0 Å². The molecule has 3 rings (SSSR count). The van der Waals surface area contributed by atoms with Crippen molar-refractivity contribution in [1.29, 1.82) is 0 Å². The number of aromatic amines is 1. The molecule has 3 aromatic rings. The first-order valence-electron chi connectivity index (χ1n) is 5.52. The fraction of sp³-hybridized carbons (Fsp3) is 0.0769. The summed E-state index contributed by atoms with van der Waals surface area (Å²) in [6.07, 6.45) is 3.34. The highest BCUT2D eigenvalue weighted by atomic mass is 16.5. The molecule has 18 heavy (non-hydrogen) atoms. The van der Waals surface area contributed by atoms with Gasteiger partial charge in [-0.3, -0.25) is 4.98 Å². The molecule has 5 nitrogen and oxygen atoms in total. The Morgan fingerprint density at radius 1 is 1.22 bits per heavy atom. The van der Waals surface area contributed by atoms with Crippen LogP contribution >= 0.6 is 0 Å². The lowest BCUT2D eigenvalue weighted by Gasteiger charge is -2.03. The van der Waals surface area contributed by atoms with Crippen LogP contribution in [-0.4, -0.2) is 20.1 Å². The first-order chi connectivity index (χ1) is 8.85. The zero-order valence-electron chi connectivity index (χ0n) is 9.50. The number of ether oxygens (including phenoxy) is 1. The van der Waals surface area contributed by atoms with E-state index in [0.29, 0.717) is 17.3 Å². The summed E-state index contributed by atoms with van der Waals surface area (Å²) >= 11 is 0. The maximum atomic E-state index is 9.01. The highest BCUT2D eigenvalue weighted by Crippen LogP contribution is 2.23. The maximum Gasteiger partial charge on any atom is 0.145 e. The van der Waals surface area contributed by atoms with E-state index in [0.717, 1.165) is 11.0 Å². The number of hydrogen-bond donors (Lipinski definition) is 2. The number of nitrogens with one attached hydrogen (secondary N) is 1. The van der Waals surface area contributed by atoms with E-state index in [1.165, 1.54) is 0 Å². The fourth-order valence-electron chi connectivity index (χ4n) is 1.72. The molecule has 0 amide bonds. The molecule has 0 bridgehead atoms. The zero-order valence-corrected chi connectivity index (χ0v) is 9.50. The highest BCUT2D eigenvalue weighted by Gasteiger charge is 2.04. The summed E-state index contributed by atoms with van der Waals surface area (Å²) in [7, 11) is 0. The minimum atomic E-state index is -0.104. The number of aliphatic hydroxyl groups excluding tert-OH is 1. The summed E-state index contributed by atoms with van der Waals surface area (Å²) in [6.45, 7) is -0.104. The van der Waals surface area contributed by atoms with Gasteiger partial charge in [0.15, 0.2) is 0 Å². The fourth-order valence-corrected chi connectivity index (χ4v) is 1.72. The van der Waals surface area contributed by atoms with E-state index in [1.807, 2.05) is 30.3 Å². The molecule has 5 heteroatoms. The van der Waals surface area contributed by atoms with Gasteiger partial charge in [0.2, 0.25) is 0 Å². The van der Waals surface area contributed by atoms with Crippen molar-refractivity contribution in [2.24, 2.45) is 0 Å². The van der Waals surface area contributed by atoms with Crippen LogP contribution < -0.4 is 4.74 Å². The monoisotopic (exact) mass is 241 g/mol. The second kappa shape index (κ2) is 4.46. The minimum Gasteiger partial charge on any atom is -0.456 e. The molecule has 0 atom stereocenters. The third-order valence-electron chi connectivity index (χ3n) is 2.52. The van der Waals surface area contributed by atoms with Gasteiger partial charge in [0.05, 0.1) is 17.2 Å². The van der Waals surface area contributed by atoms with Gasteiger partial charge in [-0.15, -0.1) is 0 Å². The van der Waals surface area contributed by atoms with Crippen LogP contribution in [0.3, 0.4) is 0 Å². The predicted molar refractivity (Wildman–Crippen MR) is 66.3 cm³/mol. The Balaban J connectivity index is 1.93. The second-order valence-electron chi connectivity index (χ2n) is 3.81. The summed E-state index contributed by atoms with van der Waals surface area (Å²) in [6, 6.07) is 9.17. The van der Waals surface area contributed by atoms with Gasteiger partial charge in [-0.25, -0.2) is 4.98 Å². The smallest absolute Gasteiger partial charge is 0.145 e. The molecule has 0 radical (unpaired) electrons. The summed E-state index contributed by atoms with van der Waals surface area (Å²) in [5.74, 6) is 1.91. The van der Waals surface area contributed by atoms with Gasteiger partial charge < -0.3 is 14.8 Å². The predicted octanol–water partition coefficient (Wildman–Crippen LogP) is 2.24. The number of H-pyrrole nitrogens is 1. The Morgan fingerprint density at radius 2 is 2.17 bits per heavy atom. The lowest BCUT2D eigenvalue weighted by atomic mass is 10.3. The molecule has 0 fully saturated rings. The maximum absolute atomic E-state index is 9.01. The van der Waals surface area contributed by atoms with Crippen molar-refractivity contribution in [3.8, 4) is 11.5 Å². The Kier molecular flexibility index (Phi) is 2.66. The summed E-state index contributed by atoms with van der Waals surface area (Å²) in [4.78, 5) is 11.2. The molecule has 2 heterocycles. The normalized spacial score (nSPS) is 10.7. The lowest BCUT2D eigenvalue weighted by Crippen LogP contribution is -1.84. The van der Waals surface area contributed by atoms with E-state index in [-0.39, 0.29) is 6.61 Å². The number of benzene rings is 1. The van der Waals surface area contributed by atoms with E-state index in [2.05, 4.69) is 15.0 Å². The van der Waals surface area contributed by atoms with Gasteiger partial charge >= 0.3 is 0 Å². The van der Waals surface area contributed by atoms with E-state index >= 15 is 0 Å². The van der Waals surface area contributed by atoms with Crippen LogP contribution in [0.4, 0.5) is 0 Å². The molecule has 2 aromatic heterocycles. The molecule has 0 saturated heterocycles. The van der Waals surface area contributed by atoms with Crippen molar-refractivity contribution in [1.82, 2.24) is 15.0 Å². The number of pyridine rings is 1. The van der Waals surface area contributed by atoms with Gasteiger partial charge in [0, 0.05) is 12.3 Å². The third kappa shape index (κ3) is 2.03. The standard InChI is InChI=1S/C13H11N3O2/c17-8-13-15-11-4-3-9(6-12(11)16-13)18-10-2-1-5-14-7-10/h1-7,17H,8H2,(H,15,16). The molecule has 2 N–H and O–H groups in total. The number of nitrogens with zero attached hydrogens (tertiary/aromatic N) is 2. The first kappa shape index (κ1) is 10.7. The van der Waals surface area contributed by atoms with Gasteiger partial charge in [0.25, 0.3) is 0 Å². The van der Waals surface area contributed by atoms with Crippen molar-refractivity contribution < 1.29 is 9.84 Å². The quantitative estimate of drug-likeness (QED) is 0.737. The van der Waals surface area contributed by atoms with Gasteiger partial charge in [0.1, 0.15) is 23.9 Å². The summed E-state index contributed by atoms with van der Waals surface area (Å²) in [5, 5.41) is 9.01. The molecule has 1 aromatic carbocycles. The van der Waals surface area contributed by atoms with Gasteiger partial charge in [-0.1, -0.05) is 0 Å². The van der Waals surface area contributed by atoms with Crippen molar-refractivity contribution in [2.45, 2.75) is 6.61 Å². The van der Waals surface area contributed by atoms with Crippen molar-refractivity contribution in [2.75, 3.05) is 0 Å². The Hall–Kier alpha value is -2.40. The SMILES string of the molecule is OCc1nc2cc(Oc3cccnc3)ccc2[nH]1. The second-order valence-corrected chi connectivity index (χ2v) is 3.81. The van der Waals surface area contributed by atoms with Crippen LogP contribution in [0, 0.1) is 0 Å². The molecule has 0 spiro atoms. The molecular weight excluding hydrogens is 230 g/mol. The van der Waals surface area contributed by atoms with Gasteiger partial charge in [-0.05, 0) is 24.3 Å².